The van der Waals surface area contributed by atoms with Crippen molar-refractivity contribution in [3.63, 3.8) is 0 Å². The normalized spacial score (nSPS) is 14.4. The number of anilines is 1. The van der Waals surface area contributed by atoms with Crippen molar-refractivity contribution >= 4 is 44.9 Å². The number of nitro groups is 1. The molecule has 0 aliphatic carbocycles. The van der Waals surface area contributed by atoms with Crippen molar-refractivity contribution in [2.24, 2.45) is 0 Å². The minimum absolute atomic E-state index is 0.00285. The van der Waals surface area contributed by atoms with E-state index in [2.05, 4.69) is 15.6 Å². The molecule has 1 fully saturated rings. The summed E-state index contributed by atoms with van der Waals surface area (Å²) >= 11 is 4.73. The van der Waals surface area contributed by atoms with Crippen LogP contribution in [0, 0.1) is 21.7 Å². The molecule has 0 radical (unpaired) electrons. The van der Waals surface area contributed by atoms with E-state index in [1.54, 1.807) is 0 Å². The zero-order chi connectivity index (χ0) is 26.7. The summed E-state index contributed by atoms with van der Waals surface area (Å²) in [5.74, 6) is -1.75. The Morgan fingerprint density at radius 3 is 2.46 bits per heavy atom. The van der Waals surface area contributed by atoms with Gasteiger partial charge in [-0.3, -0.25) is 14.9 Å². The number of carbonyl (C=O) groups excluding carboxylic acids is 1. The number of piperazine rings is 1. The lowest BCUT2D eigenvalue weighted by Gasteiger charge is -2.35. The van der Waals surface area contributed by atoms with Crippen LogP contribution >= 0.6 is 12.2 Å². The quantitative estimate of drug-likeness (QED) is 0.190. The minimum Gasteiger partial charge on any atom is -0.368 e. The number of nitro benzene ring substituents is 1. The smallest absolute Gasteiger partial charge is 0.270 e. The Balaban J connectivity index is 1.47. The lowest BCUT2D eigenvalue weighted by Crippen LogP contribution is -2.49. The molecule has 1 aromatic heterocycles. The first-order valence-electron chi connectivity index (χ1n) is 10.7. The summed E-state index contributed by atoms with van der Waals surface area (Å²) in [4.78, 5) is 22.0. The van der Waals surface area contributed by atoms with Gasteiger partial charge in [-0.25, -0.2) is 21.9 Å². The topological polar surface area (TPSA) is 144 Å². The highest BCUT2D eigenvalue weighted by Gasteiger charge is 2.31. The molecule has 2 heterocycles. The van der Waals surface area contributed by atoms with E-state index < -0.39 is 26.6 Å². The number of aldehydes is 1. The summed E-state index contributed by atoms with van der Waals surface area (Å²) in [5.41, 5.74) is -0.212. The van der Waals surface area contributed by atoms with Crippen LogP contribution < -0.4 is 10.2 Å². The average molecular weight is 552 g/mol. The highest BCUT2D eigenvalue weighted by atomic mass is 32.2. The molecule has 194 valence electrons. The van der Waals surface area contributed by atoms with Gasteiger partial charge in [-0.1, -0.05) is 23.5 Å². The number of halogens is 2. The Morgan fingerprint density at radius 1 is 1.16 bits per heavy atom. The SMILES string of the molecule is O=CC(=S)NCc1cn(-c2cc(F)c(N3CCN(S(=O)(=O)c4cccc([N+](=O)[O-])c4)CC3)c(F)c2)nn1. The van der Waals surface area contributed by atoms with Crippen molar-refractivity contribution in [1.82, 2.24) is 24.6 Å². The second-order valence-electron chi connectivity index (χ2n) is 7.89. The Morgan fingerprint density at radius 2 is 1.84 bits per heavy atom. The van der Waals surface area contributed by atoms with Crippen molar-refractivity contribution in [3.05, 3.63) is 70.0 Å². The van der Waals surface area contributed by atoms with Crippen molar-refractivity contribution in [2.45, 2.75) is 11.4 Å². The van der Waals surface area contributed by atoms with Crippen LogP contribution in [-0.2, 0) is 21.4 Å². The van der Waals surface area contributed by atoms with E-state index in [-0.39, 0.29) is 59.7 Å². The summed E-state index contributed by atoms with van der Waals surface area (Å²) in [6, 6.07) is 6.85. The van der Waals surface area contributed by atoms with E-state index in [0.29, 0.717) is 12.0 Å². The predicted octanol–water partition coefficient (Wildman–Crippen LogP) is 1.58. The molecule has 0 atom stereocenters. The molecule has 0 bridgehead atoms. The third kappa shape index (κ3) is 5.60. The number of thiocarbonyl (C=S) groups is 1. The number of nitrogens with one attached hydrogen (secondary N) is 1. The van der Waals surface area contributed by atoms with Crippen molar-refractivity contribution in [2.75, 3.05) is 31.1 Å². The molecule has 1 N–H and O–H groups in total. The summed E-state index contributed by atoms with van der Waals surface area (Å²) < 4.78 is 58.2. The predicted molar refractivity (Wildman–Crippen MR) is 131 cm³/mol. The Kier molecular flexibility index (Phi) is 7.51. The molecule has 0 saturated carbocycles. The zero-order valence-corrected chi connectivity index (χ0v) is 20.6. The Labute approximate surface area is 214 Å². The van der Waals surface area contributed by atoms with Crippen LogP contribution in [0.25, 0.3) is 5.69 Å². The number of nitrogens with zero attached hydrogens (tertiary/aromatic N) is 6. The van der Waals surface area contributed by atoms with Crippen LogP contribution in [0.2, 0.25) is 0 Å². The van der Waals surface area contributed by atoms with Gasteiger partial charge in [-0.05, 0) is 6.07 Å². The molecule has 3 aromatic rings. The van der Waals surface area contributed by atoms with Gasteiger partial charge in [0.2, 0.25) is 10.0 Å². The number of carbonyl (C=O) groups is 1. The highest BCUT2D eigenvalue weighted by molar-refractivity contribution is 7.89. The van der Waals surface area contributed by atoms with E-state index in [0.717, 1.165) is 22.5 Å². The van der Waals surface area contributed by atoms with Gasteiger partial charge in [0.1, 0.15) is 16.4 Å². The fourth-order valence-corrected chi connectivity index (χ4v) is 5.30. The Hall–Kier alpha value is -3.89. The van der Waals surface area contributed by atoms with Gasteiger partial charge in [0.25, 0.3) is 5.69 Å². The van der Waals surface area contributed by atoms with E-state index in [4.69, 9.17) is 12.2 Å². The van der Waals surface area contributed by atoms with Gasteiger partial charge in [0.05, 0.1) is 28.2 Å². The third-order valence-electron chi connectivity index (χ3n) is 5.58. The molecule has 0 spiro atoms. The lowest BCUT2D eigenvalue weighted by molar-refractivity contribution is -0.385. The first kappa shape index (κ1) is 26.2. The highest BCUT2D eigenvalue weighted by Crippen LogP contribution is 2.29. The first-order chi connectivity index (χ1) is 17.6. The van der Waals surface area contributed by atoms with Gasteiger partial charge in [0, 0.05) is 50.4 Å². The maximum Gasteiger partial charge on any atom is 0.270 e. The molecule has 1 aliphatic heterocycles. The molecule has 12 nitrogen and oxygen atoms in total. The van der Waals surface area contributed by atoms with E-state index in [9.17, 15) is 32.1 Å². The van der Waals surface area contributed by atoms with E-state index in [1.165, 1.54) is 34.0 Å². The van der Waals surface area contributed by atoms with Crippen LogP contribution in [0.4, 0.5) is 20.2 Å². The molecule has 2 aromatic carbocycles. The number of sulfonamides is 1. The van der Waals surface area contributed by atoms with Crippen LogP contribution in [0.1, 0.15) is 5.69 Å². The number of hydrogen-bond acceptors (Lipinski definition) is 9. The fourth-order valence-electron chi connectivity index (χ4n) is 3.77. The summed E-state index contributed by atoms with van der Waals surface area (Å²) in [7, 11) is -4.03. The van der Waals surface area contributed by atoms with E-state index >= 15 is 0 Å². The lowest BCUT2D eigenvalue weighted by atomic mass is 10.2. The molecule has 4 rings (SSSR count). The van der Waals surface area contributed by atoms with Gasteiger partial charge < -0.3 is 10.2 Å². The molecule has 16 heteroatoms. The summed E-state index contributed by atoms with van der Waals surface area (Å²) in [6.45, 7) is -0.0557. The maximum atomic E-state index is 15.0. The van der Waals surface area contributed by atoms with E-state index in [1.807, 2.05) is 0 Å². The van der Waals surface area contributed by atoms with Gasteiger partial charge in [-0.15, -0.1) is 5.10 Å². The van der Waals surface area contributed by atoms with Gasteiger partial charge >= 0.3 is 0 Å². The number of hydrogen-bond donors (Lipinski definition) is 1. The van der Waals surface area contributed by atoms with Crippen LogP contribution in [-0.4, -0.2) is 70.1 Å². The minimum atomic E-state index is -4.03. The maximum absolute atomic E-state index is 15.0. The molecule has 1 saturated heterocycles. The van der Waals surface area contributed by atoms with Gasteiger partial charge in [0.15, 0.2) is 17.9 Å². The van der Waals surface area contributed by atoms with Crippen molar-refractivity contribution in [3.8, 4) is 5.69 Å². The molecule has 0 amide bonds. The number of benzene rings is 2. The molecule has 0 unspecified atom stereocenters. The molecular formula is C21H19F2N7O5S2. The number of non-ortho nitro benzene ring substituents is 1. The fraction of sp³-hybridized carbons (Fsp3) is 0.238. The van der Waals surface area contributed by atoms with Crippen LogP contribution in [0.5, 0.6) is 0 Å². The number of aromatic nitrogens is 3. The second-order valence-corrected chi connectivity index (χ2v) is 10.3. The molecule has 37 heavy (non-hydrogen) atoms. The monoisotopic (exact) mass is 551 g/mol. The molecular weight excluding hydrogens is 532 g/mol. The van der Waals surface area contributed by atoms with Gasteiger partial charge in [-0.2, -0.15) is 4.31 Å². The average Bonchev–Trinajstić information content (AvgIpc) is 3.36. The standard InChI is InChI=1S/C21H19F2N7O5S2/c22-18-9-16(29-12-14(25-26-29)11-24-20(36)13-31)10-19(23)21(18)27-4-6-28(7-5-27)37(34,35)17-3-1-2-15(8-17)30(32)33/h1-3,8-10,12-13H,4-7,11H2,(H,24,36). The second kappa shape index (κ2) is 10.6. The summed E-state index contributed by atoms with van der Waals surface area (Å²) in [6.07, 6.45) is 1.89. The van der Waals surface area contributed by atoms with Crippen LogP contribution in [0.15, 0.2) is 47.5 Å². The van der Waals surface area contributed by atoms with Crippen molar-refractivity contribution in [1.29, 1.82) is 0 Å². The largest absolute Gasteiger partial charge is 0.368 e. The summed E-state index contributed by atoms with van der Waals surface area (Å²) in [5, 5.41) is 21.3. The third-order valence-corrected chi connectivity index (χ3v) is 7.71. The van der Waals surface area contributed by atoms with Crippen LogP contribution in [0.3, 0.4) is 0 Å². The number of rotatable bonds is 8. The first-order valence-corrected chi connectivity index (χ1v) is 12.6. The Bertz CT molecular complexity index is 1450. The van der Waals surface area contributed by atoms with Crippen molar-refractivity contribution < 1.29 is 26.9 Å². The zero-order valence-electron chi connectivity index (χ0n) is 19.0. The molecule has 1 aliphatic rings.